The molecule has 2 heteroatoms. The van der Waals surface area contributed by atoms with Crippen LogP contribution in [0.1, 0.15) is 51.4 Å². The van der Waals surface area contributed by atoms with Crippen molar-refractivity contribution in [1.82, 2.24) is 0 Å². The van der Waals surface area contributed by atoms with Gasteiger partial charge in [-0.15, -0.1) is 0 Å². The molecule has 0 spiro atoms. The second kappa shape index (κ2) is 4.14. The molecule has 21 heavy (non-hydrogen) atoms. The summed E-state index contributed by atoms with van der Waals surface area (Å²) in [6, 6.07) is 0. The van der Waals surface area contributed by atoms with Gasteiger partial charge in [0.15, 0.2) is 0 Å². The molecule has 0 saturated heterocycles. The van der Waals surface area contributed by atoms with Crippen LogP contribution in [0.25, 0.3) is 0 Å². The Bertz CT molecular complexity index is 504. The van der Waals surface area contributed by atoms with Gasteiger partial charge in [-0.05, 0) is 73.0 Å². The maximum Gasteiger partial charge on any atom is 0.306 e. The first kappa shape index (κ1) is 12.7. The Hall–Kier alpha value is -0.790. The minimum Gasteiger partial charge on any atom is -0.481 e. The Morgan fingerprint density at radius 2 is 1.81 bits per heavy atom. The second-order valence-electron chi connectivity index (χ2n) is 8.53. The zero-order valence-electron chi connectivity index (χ0n) is 12.7. The lowest BCUT2D eigenvalue weighted by Crippen LogP contribution is -2.49. The number of rotatable bonds is 2. The van der Waals surface area contributed by atoms with Crippen LogP contribution in [0.4, 0.5) is 0 Å². The van der Waals surface area contributed by atoms with Crippen LogP contribution < -0.4 is 0 Å². The molecular formula is C19H26O2. The molecule has 5 aliphatic rings. The molecule has 7 unspecified atom stereocenters. The Morgan fingerprint density at radius 3 is 2.57 bits per heavy atom. The first-order valence-electron chi connectivity index (χ1n) is 9.14. The topological polar surface area (TPSA) is 37.3 Å². The fourth-order valence-corrected chi connectivity index (χ4v) is 7.92. The summed E-state index contributed by atoms with van der Waals surface area (Å²) in [6.45, 7) is 0. The van der Waals surface area contributed by atoms with E-state index in [2.05, 4.69) is 12.2 Å². The number of hydrogen-bond donors (Lipinski definition) is 1. The number of hydrogen-bond acceptors (Lipinski definition) is 1. The summed E-state index contributed by atoms with van der Waals surface area (Å²) in [5.41, 5.74) is 0.524. The third-order valence-electron chi connectivity index (χ3n) is 8.21. The van der Waals surface area contributed by atoms with E-state index in [4.69, 9.17) is 0 Å². The van der Waals surface area contributed by atoms with E-state index in [1.807, 2.05) is 0 Å². The van der Waals surface area contributed by atoms with Gasteiger partial charge in [-0.2, -0.15) is 0 Å². The van der Waals surface area contributed by atoms with Gasteiger partial charge in [-0.3, -0.25) is 4.79 Å². The molecule has 4 saturated carbocycles. The number of allylic oxidation sites excluding steroid dienone is 2. The SMILES string of the molecule is O=C(O)C1CC2CC1C1C3C=CC(C3)C21C1CCCCC1. The molecule has 0 radical (unpaired) electrons. The zero-order chi connectivity index (χ0) is 14.2. The summed E-state index contributed by atoms with van der Waals surface area (Å²) in [5.74, 6) is 3.81. The quantitative estimate of drug-likeness (QED) is 0.612. The van der Waals surface area contributed by atoms with Gasteiger partial charge < -0.3 is 5.11 Å². The van der Waals surface area contributed by atoms with Crippen molar-refractivity contribution in [3.63, 3.8) is 0 Å². The van der Waals surface area contributed by atoms with E-state index in [0.717, 1.165) is 30.1 Å². The smallest absolute Gasteiger partial charge is 0.306 e. The van der Waals surface area contributed by atoms with Gasteiger partial charge >= 0.3 is 5.97 Å². The van der Waals surface area contributed by atoms with Gasteiger partial charge in [0.2, 0.25) is 0 Å². The maximum atomic E-state index is 11.6. The van der Waals surface area contributed by atoms with Crippen molar-refractivity contribution < 1.29 is 9.90 Å². The van der Waals surface area contributed by atoms with Crippen LogP contribution in [0, 0.1) is 46.8 Å². The van der Waals surface area contributed by atoms with Gasteiger partial charge in [0.25, 0.3) is 0 Å². The number of carbonyl (C=O) groups is 1. The highest BCUT2D eigenvalue weighted by Crippen LogP contribution is 2.77. The molecule has 0 aromatic rings. The van der Waals surface area contributed by atoms with Crippen LogP contribution >= 0.6 is 0 Å². The molecular weight excluding hydrogens is 260 g/mol. The third-order valence-corrected chi connectivity index (χ3v) is 8.21. The molecule has 5 rings (SSSR count). The molecule has 0 aromatic heterocycles. The van der Waals surface area contributed by atoms with Crippen molar-refractivity contribution in [2.45, 2.75) is 51.4 Å². The van der Waals surface area contributed by atoms with Gasteiger partial charge in [0.05, 0.1) is 5.92 Å². The van der Waals surface area contributed by atoms with Crippen molar-refractivity contribution >= 4 is 5.97 Å². The fraction of sp³-hybridized carbons (Fsp3) is 0.842. The number of carboxylic acid groups (broad SMARTS) is 1. The molecule has 4 fully saturated rings. The van der Waals surface area contributed by atoms with Gasteiger partial charge in [-0.1, -0.05) is 31.4 Å². The van der Waals surface area contributed by atoms with E-state index < -0.39 is 5.97 Å². The lowest BCUT2D eigenvalue weighted by atomic mass is 9.51. The molecule has 0 aromatic carbocycles. The van der Waals surface area contributed by atoms with Crippen LogP contribution in [0.2, 0.25) is 0 Å². The molecule has 4 bridgehead atoms. The monoisotopic (exact) mass is 286 g/mol. The van der Waals surface area contributed by atoms with E-state index in [0.29, 0.717) is 17.3 Å². The van der Waals surface area contributed by atoms with Gasteiger partial charge in [-0.25, -0.2) is 0 Å². The summed E-state index contributed by atoms with van der Waals surface area (Å²) in [7, 11) is 0. The predicted molar refractivity (Wildman–Crippen MR) is 80.6 cm³/mol. The minimum absolute atomic E-state index is 0.0236. The highest BCUT2D eigenvalue weighted by molar-refractivity contribution is 5.71. The Morgan fingerprint density at radius 1 is 1.00 bits per heavy atom. The first-order chi connectivity index (χ1) is 10.2. The highest BCUT2D eigenvalue weighted by Gasteiger charge is 2.72. The number of carboxylic acids is 1. The van der Waals surface area contributed by atoms with Crippen LogP contribution in [-0.4, -0.2) is 11.1 Å². The number of aliphatic carboxylic acids is 1. The van der Waals surface area contributed by atoms with E-state index in [-0.39, 0.29) is 5.92 Å². The normalized spacial score (nSPS) is 54.3. The van der Waals surface area contributed by atoms with Crippen molar-refractivity contribution in [2.24, 2.45) is 46.8 Å². The first-order valence-corrected chi connectivity index (χ1v) is 9.14. The van der Waals surface area contributed by atoms with Crippen LogP contribution in [0.15, 0.2) is 12.2 Å². The molecule has 114 valence electrons. The zero-order valence-corrected chi connectivity index (χ0v) is 12.7. The maximum absolute atomic E-state index is 11.6. The fourth-order valence-electron chi connectivity index (χ4n) is 7.92. The average Bonchev–Trinajstić information content (AvgIpc) is 3.25. The summed E-state index contributed by atoms with van der Waals surface area (Å²) < 4.78 is 0. The van der Waals surface area contributed by atoms with E-state index in [1.165, 1.54) is 44.9 Å². The van der Waals surface area contributed by atoms with E-state index in [1.54, 1.807) is 0 Å². The Labute approximate surface area is 127 Å². The lowest BCUT2D eigenvalue weighted by molar-refractivity contribution is -0.147. The molecule has 0 aliphatic heterocycles. The molecule has 0 heterocycles. The van der Waals surface area contributed by atoms with Crippen molar-refractivity contribution in [3.8, 4) is 0 Å². The molecule has 5 aliphatic carbocycles. The molecule has 2 nitrogen and oxygen atoms in total. The van der Waals surface area contributed by atoms with E-state index >= 15 is 0 Å². The van der Waals surface area contributed by atoms with Crippen LogP contribution in [0.3, 0.4) is 0 Å². The van der Waals surface area contributed by atoms with E-state index in [9.17, 15) is 9.90 Å². The molecule has 0 amide bonds. The second-order valence-corrected chi connectivity index (χ2v) is 8.53. The van der Waals surface area contributed by atoms with Crippen LogP contribution in [0.5, 0.6) is 0 Å². The van der Waals surface area contributed by atoms with Crippen molar-refractivity contribution in [3.05, 3.63) is 12.2 Å². The number of fused-ring (bicyclic) bond motifs is 9. The lowest BCUT2D eigenvalue weighted by Gasteiger charge is -2.53. The van der Waals surface area contributed by atoms with Crippen molar-refractivity contribution in [1.29, 1.82) is 0 Å². The minimum atomic E-state index is -0.508. The third kappa shape index (κ3) is 1.38. The Kier molecular flexibility index (Phi) is 2.51. The molecule has 1 N–H and O–H groups in total. The predicted octanol–water partition coefficient (Wildman–Crippen LogP) is 4.12. The van der Waals surface area contributed by atoms with Gasteiger partial charge in [0.1, 0.15) is 0 Å². The summed E-state index contributed by atoms with van der Waals surface area (Å²) in [4.78, 5) is 11.6. The standard InChI is InChI=1S/C19H26O2/c20-18(21)16-10-14-9-15(16)17-11-6-7-13(8-11)19(14,17)12-4-2-1-3-5-12/h6-7,11-17H,1-5,8-10H2,(H,20,21). The van der Waals surface area contributed by atoms with Crippen molar-refractivity contribution in [2.75, 3.05) is 0 Å². The average molecular weight is 286 g/mol. The van der Waals surface area contributed by atoms with Gasteiger partial charge in [0, 0.05) is 0 Å². The molecule has 7 atom stereocenters. The highest BCUT2D eigenvalue weighted by atomic mass is 16.4. The summed E-state index contributed by atoms with van der Waals surface area (Å²) in [5, 5.41) is 9.60. The summed E-state index contributed by atoms with van der Waals surface area (Å²) >= 11 is 0. The van der Waals surface area contributed by atoms with Crippen LogP contribution in [-0.2, 0) is 4.79 Å². The Balaban J connectivity index is 1.57. The summed E-state index contributed by atoms with van der Waals surface area (Å²) in [6.07, 6.45) is 15.7. The largest absolute Gasteiger partial charge is 0.481 e.